The van der Waals surface area contributed by atoms with Crippen molar-refractivity contribution in [3.8, 4) is 0 Å². The highest BCUT2D eigenvalue weighted by Crippen LogP contribution is 1.94. The van der Waals surface area contributed by atoms with Crippen molar-refractivity contribution in [2.45, 2.75) is 19.4 Å². The van der Waals surface area contributed by atoms with Gasteiger partial charge in [-0.05, 0) is 20.9 Å². The Morgan fingerprint density at radius 2 is 2.21 bits per heavy atom. The topological polar surface area (TPSA) is 58.4 Å². The summed E-state index contributed by atoms with van der Waals surface area (Å²) in [7, 11) is 1.97. The number of carbonyl (C=O) groups is 1. The number of hydrogen-bond acceptors (Lipinski definition) is 3. The third kappa shape index (κ3) is 5.72. The second-order valence-electron chi connectivity index (χ2n) is 4.03. The average molecular weight is 199 g/mol. The maximum absolute atomic E-state index is 11.3. The molecule has 0 aliphatic rings. The molecule has 14 heavy (non-hydrogen) atoms. The van der Waals surface area contributed by atoms with Crippen LogP contribution in [0.25, 0.3) is 0 Å². The summed E-state index contributed by atoms with van der Waals surface area (Å²) in [5, 5.41) is 2.77. The minimum Gasteiger partial charge on any atom is -0.353 e. The predicted molar refractivity (Wildman–Crippen MR) is 59.0 cm³/mol. The molecule has 0 spiro atoms. The number of nitrogens with zero attached hydrogens (tertiary/aromatic N) is 1. The summed E-state index contributed by atoms with van der Waals surface area (Å²) in [6.07, 6.45) is 1.83. The summed E-state index contributed by atoms with van der Waals surface area (Å²) < 4.78 is 0. The van der Waals surface area contributed by atoms with Gasteiger partial charge < -0.3 is 16.0 Å². The minimum atomic E-state index is -0.795. The van der Waals surface area contributed by atoms with E-state index < -0.39 is 5.54 Å². The van der Waals surface area contributed by atoms with E-state index in [4.69, 9.17) is 5.73 Å². The van der Waals surface area contributed by atoms with E-state index in [1.54, 1.807) is 13.8 Å². The van der Waals surface area contributed by atoms with Crippen molar-refractivity contribution >= 4 is 5.91 Å². The molecule has 0 saturated heterocycles. The van der Waals surface area contributed by atoms with Gasteiger partial charge in [0.2, 0.25) is 5.91 Å². The lowest BCUT2D eigenvalue weighted by Crippen LogP contribution is -2.50. The van der Waals surface area contributed by atoms with Gasteiger partial charge in [0.25, 0.3) is 0 Å². The van der Waals surface area contributed by atoms with Crippen molar-refractivity contribution in [1.29, 1.82) is 0 Å². The number of hydrogen-bond donors (Lipinski definition) is 2. The Kier molecular flexibility index (Phi) is 5.42. The van der Waals surface area contributed by atoms with Crippen LogP contribution in [-0.4, -0.2) is 43.0 Å². The summed E-state index contributed by atoms with van der Waals surface area (Å²) in [4.78, 5) is 13.4. The van der Waals surface area contributed by atoms with Gasteiger partial charge in [-0.2, -0.15) is 0 Å². The first-order valence-electron chi connectivity index (χ1n) is 4.74. The van der Waals surface area contributed by atoms with Gasteiger partial charge in [0.1, 0.15) is 0 Å². The number of likely N-dealkylation sites (N-methyl/N-ethyl adjacent to an activating group) is 1. The monoisotopic (exact) mass is 199 g/mol. The zero-order chi connectivity index (χ0) is 11.2. The molecule has 4 heteroatoms. The standard InChI is InChI=1S/C10H21N3O/c1-5-7-13(4)8-6-12-9(14)10(2,3)11/h5H,1,6-8,11H2,2-4H3,(H,12,14). The molecule has 0 saturated carbocycles. The van der Waals surface area contributed by atoms with Crippen molar-refractivity contribution in [1.82, 2.24) is 10.2 Å². The molecule has 0 aliphatic heterocycles. The van der Waals surface area contributed by atoms with Crippen LogP contribution in [-0.2, 0) is 4.79 Å². The normalized spacial score (nSPS) is 11.5. The van der Waals surface area contributed by atoms with E-state index >= 15 is 0 Å². The van der Waals surface area contributed by atoms with E-state index in [1.807, 2.05) is 13.1 Å². The second-order valence-corrected chi connectivity index (χ2v) is 4.03. The Morgan fingerprint density at radius 1 is 1.64 bits per heavy atom. The quantitative estimate of drug-likeness (QED) is 0.590. The third-order valence-corrected chi connectivity index (χ3v) is 1.81. The summed E-state index contributed by atoms with van der Waals surface area (Å²) in [6, 6.07) is 0. The molecule has 0 bridgehead atoms. The molecule has 0 atom stereocenters. The van der Waals surface area contributed by atoms with Gasteiger partial charge in [0.05, 0.1) is 5.54 Å². The molecule has 0 aromatic rings. The van der Waals surface area contributed by atoms with E-state index in [0.717, 1.165) is 13.1 Å². The van der Waals surface area contributed by atoms with Crippen LogP contribution in [0.5, 0.6) is 0 Å². The maximum Gasteiger partial charge on any atom is 0.239 e. The molecule has 0 fully saturated rings. The molecule has 3 N–H and O–H groups in total. The Morgan fingerprint density at radius 3 is 2.64 bits per heavy atom. The van der Waals surface area contributed by atoms with Gasteiger partial charge in [-0.1, -0.05) is 6.08 Å². The first kappa shape index (κ1) is 13.1. The molecule has 4 nitrogen and oxygen atoms in total. The van der Waals surface area contributed by atoms with E-state index in [9.17, 15) is 4.79 Å². The van der Waals surface area contributed by atoms with Crippen LogP contribution in [0.1, 0.15) is 13.8 Å². The molecule has 0 unspecified atom stereocenters. The second kappa shape index (κ2) is 5.78. The van der Waals surface area contributed by atoms with Crippen LogP contribution in [0.4, 0.5) is 0 Å². The van der Waals surface area contributed by atoms with E-state index in [-0.39, 0.29) is 5.91 Å². The zero-order valence-corrected chi connectivity index (χ0v) is 9.34. The molecule has 0 heterocycles. The Balaban J connectivity index is 3.64. The van der Waals surface area contributed by atoms with Crippen LogP contribution >= 0.6 is 0 Å². The first-order valence-corrected chi connectivity index (χ1v) is 4.74. The van der Waals surface area contributed by atoms with Crippen LogP contribution in [0.3, 0.4) is 0 Å². The summed E-state index contributed by atoms with van der Waals surface area (Å²) >= 11 is 0. The van der Waals surface area contributed by atoms with Crippen molar-refractivity contribution < 1.29 is 4.79 Å². The fourth-order valence-corrected chi connectivity index (χ4v) is 0.900. The third-order valence-electron chi connectivity index (χ3n) is 1.81. The average Bonchev–Trinajstić information content (AvgIpc) is 2.02. The van der Waals surface area contributed by atoms with Gasteiger partial charge in [-0.25, -0.2) is 0 Å². The van der Waals surface area contributed by atoms with E-state index in [1.165, 1.54) is 0 Å². The molecular weight excluding hydrogens is 178 g/mol. The van der Waals surface area contributed by atoms with Crippen LogP contribution in [0.2, 0.25) is 0 Å². The van der Waals surface area contributed by atoms with Gasteiger partial charge >= 0.3 is 0 Å². The lowest BCUT2D eigenvalue weighted by Gasteiger charge is -2.19. The fraction of sp³-hybridized carbons (Fsp3) is 0.700. The molecule has 0 aromatic carbocycles. The zero-order valence-electron chi connectivity index (χ0n) is 9.34. The maximum atomic E-state index is 11.3. The SMILES string of the molecule is C=CCN(C)CCNC(=O)C(C)(C)N. The summed E-state index contributed by atoms with van der Waals surface area (Å²) in [6.45, 7) is 9.25. The number of carbonyl (C=O) groups excluding carboxylic acids is 1. The van der Waals surface area contributed by atoms with Gasteiger partial charge in [0, 0.05) is 19.6 Å². The largest absolute Gasteiger partial charge is 0.353 e. The molecular formula is C10H21N3O. The number of amides is 1. The van der Waals surface area contributed by atoms with Gasteiger partial charge in [-0.3, -0.25) is 4.79 Å². The Labute approximate surface area is 86.1 Å². The Bertz CT molecular complexity index is 196. The number of nitrogens with two attached hydrogens (primary N) is 1. The van der Waals surface area contributed by atoms with Crippen molar-refractivity contribution in [2.75, 3.05) is 26.7 Å². The lowest BCUT2D eigenvalue weighted by atomic mass is 10.1. The fourth-order valence-electron chi connectivity index (χ4n) is 0.900. The molecule has 0 rings (SSSR count). The highest BCUT2D eigenvalue weighted by atomic mass is 16.2. The molecule has 0 aliphatic carbocycles. The van der Waals surface area contributed by atoms with Gasteiger partial charge in [-0.15, -0.1) is 6.58 Å². The van der Waals surface area contributed by atoms with Crippen molar-refractivity contribution in [2.24, 2.45) is 5.73 Å². The number of nitrogens with one attached hydrogen (secondary N) is 1. The molecule has 82 valence electrons. The van der Waals surface area contributed by atoms with Crippen molar-refractivity contribution in [3.05, 3.63) is 12.7 Å². The minimum absolute atomic E-state index is 0.121. The molecule has 0 aromatic heterocycles. The first-order chi connectivity index (χ1) is 6.38. The molecule has 0 radical (unpaired) electrons. The predicted octanol–water partition coefficient (Wildman–Crippen LogP) is -0.0423. The Hall–Kier alpha value is -0.870. The van der Waals surface area contributed by atoms with E-state index in [2.05, 4.69) is 16.8 Å². The highest BCUT2D eigenvalue weighted by Gasteiger charge is 2.20. The smallest absolute Gasteiger partial charge is 0.239 e. The van der Waals surface area contributed by atoms with E-state index in [0.29, 0.717) is 6.54 Å². The lowest BCUT2D eigenvalue weighted by molar-refractivity contribution is -0.125. The molecule has 1 amide bonds. The highest BCUT2D eigenvalue weighted by molar-refractivity contribution is 5.84. The van der Waals surface area contributed by atoms with Crippen molar-refractivity contribution in [3.63, 3.8) is 0 Å². The summed E-state index contributed by atoms with van der Waals surface area (Å²) in [5.74, 6) is -0.121. The van der Waals surface area contributed by atoms with Gasteiger partial charge in [0.15, 0.2) is 0 Å². The van der Waals surface area contributed by atoms with Crippen LogP contribution < -0.4 is 11.1 Å². The van der Waals surface area contributed by atoms with Crippen LogP contribution in [0, 0.1) is 0 Å². The summed E-state index contributed by atoms with van der Waals surface area (Å²) in [5.41, 5.74) is 4.82. The number of rotatable bonds is 6. The van der Waals surface area contributed by atoms with Crippen LogP contribution in [0.15, 0.2) is 12.7 Å².